The molecule has 0 bridgehead atoms. The molecular weight excluding hydrogens is 390 g/mol. The fourth-order valence-corrected chi connectivity index (χ4v) is 4.77. The van der Waals surface area contributed by atoms with Crippen LogP contribution in [0.25, 0.3) is 0 Å². The van der Waals surface area contributed by atoms with Gasteiger partial charge < -0.3 is 9.64 Å². The lowest BCUT2D eigenvalue weighted by Gasteiger charge is -2.26. The Morgan fingerprint density at radius 3 is 2.54 bits per heavy atom. The Hall–Kier alpha value is -2.43. The minimum Gasteiger partial charge on any atom is -0.489 e. The van der Waals surface area contributed by atoms with Crippen LogP contribution in [-0.2, 0) is 6.61 Å². The average molecular weight is 410 g/mol. The number of amides is 1. The van der Waals surface area contributed by atoms with Crippen molar-refractivity contribution >= 4 is 29.3 Å². The minimum atomic E-state index is -0.0873. The highest BCUT2D eigenvalue weighted by atomic mass is 35.5. The summed E-state index contributed by atoms with van der Waals surface area (Å²) in [5.41, 5.74) is 2.67. The summed E-state index contributed by atoms with van der Waals surface area (Å²) in [5, 5.41) is 0.396. The number of para-hydroxylation sites is 1. The maximum atomic E-state index is 13.1. The quantitative estimate of drug-likeness (QED) is 0.532. The zero-order valence-corrected chi connectivity index (χ0v) is 16.8. The third-order valence-electron chi connectivity index (χ3n) is 4.68. The van der Waals surface area contributed by atoms with Crippen LogP contribution in [0.2, 0.25) is 5.02 Å². The zero-order valence-electron chi connectivity index (χ0n) is 15.3. The SMILES string of the molecule is O=C(c1ccccc1Cl)N1CCS[C@@H]1c1ccccc1OCc1ccccc1. The van der Waals surface area contributed by atoms with Crippen LogP contribution < -0.4 is 4.74 Å². The molecular formula is C23H20ClNO2S. The number of benzene rings is 3. The first-order valence-electron chi connectivity index (χ1n) is 9.17. The highest BCUT2D eigenvalue weighted by Gasteiger charge is 2.33. The second-order valence-electron chi connectivity index (χ2n) is 6.51. The Morgan fingerprint density at radius 2 is 1.71 bits per heavy atom. The molecule has 0 aromatic heterocycles. The summed E-state index contributed by atoms with van der Waals surface area (Å²) in [6.45, 7) is 1.18. The second kappa shape index (κ2) is 8.72. The molecule has 5 heteroatoms. The lowest BCUT2D eigenvalue weighted by Crippen LogP contribution is -2.30. The third kappa shape index (κ3) is 4.03. The summed E-state index contributed by atoms with van der Waals surface area (Å²) < 4.78 is 6.12. The normalized spacial score (nSPS) is 16.2. The number of thioether (sulfide) groups is 1. The smallest absolute Gasteiger partial charge is 0.256 e. The van der Waals surface area contributed by atoms with Crippen molar-refractivity contribution in [3.63, 3.8) is 0 Å². The first-order chi connectivity index (χ1) is 13.7. The van der Waals surface area contributed by atoms with Crippen molar-refractivity contribution < 1.29 is 9.53 Å². The van der Waals surface area contributed by atoms with Gasteiger partial charge in [-0.3, -0.25) is 4.79 Å². The average Bonchev–Trinajstić information content (AvgIpc) is 3.23. The van der Waals surface area contributed by atoms with Crippen LogP contribution in [0.5, 0.6) is 5.75 Å². The summed E-state index contributed by atoms with van der Waals surface area (Å²) in [6.07, 6.45) is 0. The minimum absolute atomic E-state index is 0.0431. The van der Waals surface area contributed by atoms with E-state index in [0.717, 1.165) is 22.6 Å². The predicted octanol–water partition coefficient (Wildman–Crippen LogP) is 5.81. The maximum absolute atomic E-state index is 13.1. The van der Waals surface area contributed by atoms with Gasteiger partial charge in [0, 0.05) is 17.9 Å². The number of rotatable bonds is 5. The molecule has 0 aliphatic carbocycles. The molecule has 142 valence electrons. The van der Waals surface area contributed by atoms with E-state index in [9.17, 15) is 4.79 Å². The summed E-state index contributed by atoms with van der Waals surface area (Å²) >= 11 is 8.01. The highest BCUT2D eigenvalue weighted by Crippen LogP contribution is 2.43. The van der Waals surface area contributed by atoms with E-state index in [1.165, 1.54) is 0 Å². The van der Waals surface area contributed by atoms with Gasteiger partial charge in [0.2, 0.25) is 0 Å². The Morgan fingerprint density at radius 1 is 1.00 bits per heavy atom. The van der Waals surface area contributed by atoms with Crippen molar-refractivity contribution in [1.82, 2.24) is 4.90 Å². The van der Waals surface area contributed by atoms with Crippen LogP contribution in [0, 0.1) is 0 Å². The fourth-order valence-electron chi connectivity index (χ4n) is 3.28. The van der Waals surface area contributed by atoms with Crippen molar-refractivity contribution in [2.75, 3.05) is 12.3 Å². The van der Waals surface area contributed by atoms with E-state index in [1.807, 2.05) is 71.6 Å². The molecule has 1 aliphatic heterocycles. The largest absolute Gasteiger partial charge is 0.489 e. The van der Waals surface area contributed by atoms with Crippen molar-refractivity contribution in [2.45, 2.75) is 12.0 Å². The van der Waals surface area contributed by atoms with Crippen molar-refractivity contribution in [1.29, 1.82) is 0 Å². The Kier molecular flexibility index (Phi) is 5.89. The topological polar surface area (TPSA) is 29.5 Å². The van der Waals surface area contributed by atoms with Gasteiger partial charge in [0.25, 0.3) is 5.91 Å². The summed E-state index contributed by atoms with van der Waals surface area (Å²) in [7, 11) is 0. The number of halogens is 1. The van der Waals surface area contributed by atoms with Gasteiger partial charge in [-0.25, -0.2) is 0 Å². The van der Waals surface area contributed by atoms with Gasteiger partial charge in [-0.2, -0.15) is 0 Å². The Labute approximate surface area is 174 Å². The molecule has 28 heavy (non-hydrogen) atoms. The summed E-state index contributed by atoms with van der Waals surface area (Å²) in [6, 6.07) is 25.2. The number of nitrogens with zero attached hydrogens (tertiary/aromatic N) is 1. The third-order valence-corrected chi connectivity index (χ3v) is 6.25. The summed E-state index contributed by atoms with van der Waals surface area (Å²) in [5.74, 6) is 1.65. The Bertz CT molecular complexity index is 964. The van der Waals surface area contributed by atoms with Crippen LogP contribution in [0.4, 0.5) is 0 Å². The molecule has 1 saturated heterocycles. The molecule has 1 amide bonds. The lowest BCUT2D eigenvalue weighted by atomic mass is 10.1. The van der Waals surface area contributed by atoms with Gasteiger partial charge in [-0.05, 0) is 23.8 Å². The van der Waals surface area contributed by atoms with Crippen molar-refractivity contribution in [2.24, 2.45) is 0 Å². The molecule has 1 heterocycles. The standard InChI is InChI=1S/C23H20ClNO2S/c24-20-12-6-4-10-18(20)22(26)25-14-15-28-23(25)19-11-5-7-13-21(19)27-16-17-8-2-1-3-9-17/h1-13,23H,14-16H2/t23-/m1/s1. The van der Waals surface area contributed by atoms with E-state index in [-0.39, 0.29) is 11.3 Å². The lowest BCUT2D eigenvalue weighted by molar-refractivity contribution is 0.0759. The van der Waals surface area contributed by atoms with Gasteiger partial charge in [0.05, 0.1) is 10.6 Å². The van der Waals surface area contributed by atoms with Crippen LogP contribution >= 0.6 is 23.4 Å². The molecule has 0 saturated carbocycles. The number of carbonyl (C=O) groups is 1. The number of hydrogen-bond acceptors (Lipinski definition) is 3. The maximum Gasteiger partial charge on any atom is 0.256 e. The molecule has 0 unspecified atom stereocenters. The molecule has 0 spiro atoms. The molecule has 3 aromatic rings. The van der Waals surface area contributed by atoms with E-state index in [4.69, 9.17) is 16.3 Å². The Balaban J connectivity index is 1.58. The molecule has 0 radical (unpaired) electrons. The number of ether oxygens (including phenoxy) is 1. The van der Waals surface area contributed by atoms with Crippen LogP contribution in [0.3, 0.4) is 0 Å². The number of hydrogen-bond donors (Lipinski definition) is 0. The molecule has 1 atom stereocenters. The van der Waals surface area contributed by atoms with E-state index >= 15 is 0 Å². The summed E-state index contributed by atoms with van der Waals surface area (Å²) in [4.78, 5) is 15.0. The van der Waals surface area contributed by atoms with Crippen LogP contribution in [0.1, 0.15) is 26.9 Å². The van der Waals surface area contributed by atoms with Crippen LogP contribution in [-0.4, -0.2) is 23.1 Å². The molecule has 1 aliphatic rings. The fraction of sp³-hybridized carbons (Fsp3) is 0.174. The van der Waals surface area contributed by atoms with Gasteiger partial charge >= 0.3 is 0 Å². The first-order valence-corrected chi connectivity index (χ1v) is 10.6. The van der Waals surface area contributed by atoms with E-state index in [0.29, 0.717) is 23.7 Å². The van der Waals surface area contributed by atoms with Gasteiger partial charge in [0.1, 0.15) is 17.7 Å². The van der Waals surface area contributed by atoms with Crippen LogP contribution in [0.15, 0.2) is 78.9 Å². The number of carbonyl (C=O) groups excluding carboxylic acids is 1. The first kappa shape index (κ1) is 18.9. The predicted molar refractivity (Wildman–Crippen MR) is 115 cm³/mol. The second-order valence-corrected chi connectivity index (χ2v) is 8.11. The van der Waals surface area contributed by atoms with Gasteiger partial charge in [-0.15, -0.1) is 11.8 Å². The molecule has 4 rings (SSSR count). The van der Waals surface area contributed by atoms with Gasteiger partial charge in [0.15, 0.2) is 0 Å². The molecule has 0 N–H and O–H groups in total. The molecule has 3 aromatic carbocycles. The van der Waals surface area contributed by atoms with Gasteiger partial charge in [-0.1, -0.05) is 72.3 Å². The van der Waals surface area contributed by atoms with Crippen molar-refractivity contribution in [3.05, 3.63) is 101 Å². The van der Waals surface area contributed by atoms with E-state index < -0.39 is 0 Å². The highest BCUT2D eigenvalue weighted by molar-refractivity contribution is 7.99. The molecule has 3 nitrogen and oxygen atoms in total. The van der Waals surface area contributed by atoms with E-state index in [1.54, 1.807) is 23.9 Å². The van der Waals surface area contributed by atoms with Crippen molar-refractivity contribution in [3.8, 4) is 5.75 Å². The molecule has 1 fully saturated rings. The zero-order chi connectivity index (χ0) is 19.3. The van der Waals surface area contributed by atoms with E-state index in [2.05, 4.69) is 0 Å². The monoisotopic (exact) mass is 409 g/mol.